The van der Waals surface area contributed by atoms with Crippen molar-refractivity contribution in [3.63, 3.8) is 0 Å². The number of ether oxygens (including phenoxy) is 1. The Hall–Kier alpha value is -3.80. The third-order valence-electron chi connectivity index (χ3n) is 4.62. The van der Waals surface area contributed by atoms with E-state index >= 15 is 0 Å². The molecule has 0 aromatic heterocycles. The van der Waals surface area contributed by atoms with Gasteiger partial charge >= 0.3 is 6.03 Å². The van der Waals surface area contributed by atoms with Crippen LogP contribution in [0.1, 0.15) is 15.9 Å². The molecule has 3 aromatic carbocycles. The van der Waals surface area contributed by atoms with Crippen LogP contribution in [0.25, 0.3) is 0 Å². The fraction of sp³-hybridized carbons (Fsp3) is 0.130. The Morgan fingerprint density at radius 3 is 2.38 bits per heavy atom. The molecule has 3 amide bonds. The van der Waals surface area contributed by atoms with E-state index in [1.54, 1.807) is 36.4 Å². The molecule has 0 saturated carbocycles. The highest BCUT2D eigenvalue weighted by molar-refractivity contribution is 6.04. The predicted octanol–water partition coefficient (Wildman–Crippen LogP) is 4.06. The molecule has 1 aliphatic heterocycles. The van der Waals surface area contributed by atoms with Crippen molar-refractivity contribution < 1.29 is 14.3 Å². The monoisotopic (exact) mass is 387 g/mol. The molecule has 1 heterocycles. The van der Waals surface area contributed by atoms with Crippen molar-refractivity contribution in [1.29, 1.82) is 0 Å². The van der Waals surface area contributed by atoms with Gasteiger partial charge in [0.1, 0.15) is 11.9 Å². The zero-order valence-corrected chi connectivity index (χ0v) is 15.7. The van der Waals surface area contributed by atoms with Gasteiger partial charge in [-0.05, 0) is 42.0 Å². The van der Waals surface area contributed by atoms with Crippen LogP contribution in [0.4, 0.5) is 16.2 Å². The number of benzene rings is 3. The number of carbonyl (C=O) groups excluding carboxylic acids is 2. The molecule has 0 saturated heterocycles. The molecule has 0 aliphatic carbocycles. The van der Waals surface area contributed by atoms with Crippen LogP contribution in [0.3, 0.4) is 0 Å². The first-order chi connectivity index (χ1) is 14.2. The van der Waals surface area contributed by atoms with E-state index in [0.717, 1.165) is 17.7 Å². The van der Waals surface area contributed by atoms with E-state index in [-0.39, 0.29) is 18.0 Å². The van der Waals surface area contributed by atoms with Gasteiger partial charge in [-0.3, -0.25) is 4.79 Å². The summed E-state index contributed by atoms with van der Waals surface area (Å²) in [6, 6.07) is 23.5. The highest BCUT2D eigenvalue weighted by atomic mass is 16.5. The average molecular weight is 387 g/mol. The Labute approximate surface area is 168 Å². The highest BCUT2D eigenvalue weighted by Crippen LogP contribution is 2.27. The molecule has 0 spiro atoms. The van der Waals surface area contributed by atoms with E-state index in [9.17, 15) is 9.59 Å². The highest BCUT2D eigenvalue weighted by Gasteiger charge is 2.22. The molecule has 146 valence electrons. The third-order valence-corrected chi connectivity index (χ3v) is 4.62. The maximum atomic E-state index is 12.3. The average Bonchev–Trinajstić information content (AvgIpc) is 3.16. The first-order valence-electron chi connectivity index (χ1n) is 9.43. The number of amides is 3. The van der Waals surface area contributed by atoms with Gasteiger partial charge in [-0.15, -0.1) is 0 Å². The van der Waals surface area contributed by atoms with Crippen molar-refractivity contribution in [2.24, 2.45) is 0 Å². The van der Waals surface area contributed by atoms with Crippen molar-refractivity contribution in [3.8, 4) is 5.75 Å². The molecule has 4 rings (SSSR count). The maximum Gasteiger partial charge on any atom is 0.319 e. The molecule has 0 radical (unpaired) electrons. The van der Waals surface area contributed by atoms with Crippen molar-refractivity contribution in [3.05, 3.63) is 90.0 Å². The number of anilines is 2. The fourth-order valence-corrected chi connectivity index (χ4v) is 3.22. The van der Waals surface area contributed by atoms with Crippen LogP contribution >= 0.6 is 0 Å². The Morgan fingerprint density at radius 1 is 0.862 bits per heavy atom. The summed E-state index contributed by atoms with van der Waals surface area (Å²) in [5.74, 6) is 0.673. The van der Waals surface area contributed by atoms with Gasteiger partial charge in [-0.25, -0.2) is 4.79 Å². The number of para-hydroxylation sites is 1. The molecule has 6 heteroatoms. The van der Waals surface area contributed by atoms with Crippen molar-refractivity contribution in [2.75, 3.05) is 17.2 Å². The molecule has 0 bridgehead atoms. The number of hydrogen-bond donors (Lipinski definition) is 3. The molecule has 1 aliphatic rings. The molecule has 0 unspecified atom stereocenters. The first kappa shape index (κ1) is 18.6. The molecule has 3 aromatic rings. The lowest BCUT2D eigenvalue weighted by atomic mass is 10.1. The lowest BCUT2D eigenvalue weighted by Gasteiger charge is -2.13. The summed E-state index contributed by atoms with van der Waals surface area (Å²) in [5, 5.41) is 8.44. The van der Waals surface area contributed by atoms with Crippen LogP contribution in [0.5, 0.6) is 5.75 Å². The Kier molecular flexibility index (Phi) is 5.42. The Bertz CT molecular complexity index is 996. The zero-order chi connectivity index (χ0) is 20.1. The zero-order valence-electron chi connectivity index (χ0n) is 15.7. The van der Waals surface area contributed by atoms with Crippen LogP contribution in [-0.2, 0) is 6.42 Å². The summed E-state index contributed by atoms with van der Waals surface area (Å²) in [6.45, 7) is 0.408. The van der Waals surface area contributed by atoms with E-state index in [1.807, 2.05) is 42.5 Å². The van der Waals surface area contributed by atoms with Crippen LogP contribution in [0.15, 0.2) is 78.9 Å². The topological polar surface area (TPSA) is 79.5 Å². The normalized spacial score (nSPS) is 14.4. The summed E-state index contributed by atoms with van der Waals surface area (Å²) >= 11 is 0. The lowest BCUT2D eigenvalue weighted by Crippen LogP contribution is -2.37. The first-order valence-corrected chi connectivity index (χ1v) is 9.43. The number of hydrogen-bond acceptors (Lipinski definition) is 3. The standard InChI is InChI=1S/C23H21N3O3/c27-22(16-7-2-1-3-8-16)25-18-10-6-11-19(14-18)26-23(28)24-15-20-13-17-9-4-5-12-21(17)29-20/h1-12,14,20H,13,15H2,(H,25,27)(H2,24,26,28)/t20-/m1/s1. The minimum atomic E-state index is -0.323. The van der Waals surface area contributed by atoms with Crippen LogP contribution < -0.4 is 20.7 Å². The number of nitrogens with one attached hydrogen (secondary N) is 3. The van der Waals surface area contributed by atoms with E-state index in [1.165, 1.54) is 0 Å². The van der Waals surface area contributed by atoms with E-state index < -0.39 is 0 Å². The van der Waals surface area contributed by atoms with Gasteiger partial charge in [0.25, 0.3) is 5.91 Å². The fourth-order valence-electron chi connectivity index (χ4n) is 3.22. The quantitative estimate of drug-likeness (QED) is 0.618. The maximum absolute atomic E-state index is 12.3. The number of urea groups is 1. The minimum absolute atomic E-state index is 0.0744. The van der Waals surface area contributed by atoms with E-state index in [2.05, 4.69) is 16.0 Å². The Morgan fingerprint density at radius 2 is 1.59 bits per heavy atom. The van der Waals surface area contributed by atoms with Crippen molar-refractivity contribution >= 4 is 23.3 Å². The molecule has 1 atom stereocenters. The summed E-state index contributed by atoms with van der Waals surface area (Å²) in [4.78, 5) is 24.5. The Balaban J connectivity index is 1.29. The molecule has 6 nitrogen and oxygen atoms in total. The molecule has 0 fully saturated rings. The van der Waals surface area contributed by atoms with Crippen LogP contribution in [0, 0.1) is 0 Å². The molecular formula is C23H21N3O3. The lowest BCUT2D eigenvalue weighted by molar-refractivity contribution is 0.102. The van der Waals surface area contributed by atoms with Gasteiger partial charge in [-0.1, -0.05) is 42.5 Å². The van der Waals surface area contributed by atoms with Crippen molar-refractivity contribution in [1.82, 2.24) is 5.32 Å². The number of carbonyl (C=O) groups is 2. The smallest absolute Gasteiger partial charge is 0.319 e. The van der Waals surface area contributed by atoms with Crippen LogP contribution in [-0.4, -0.2) is 24.6 Å². The minimum Gasteiger partial charge on any atom is -0.488 e. The van der Waals surface area contributed by atoms with E-state index in [4.69, 9.17) is 4.74 Å². The second-order valence-corrected chi connectivity index (χ2v) is 6.79. The van der Waals surface area contributed by atoms with Crippen LogP contribution in [0.2, 0.25) is 0 Å². The largest absolute Gasteiger partial charge is 0.488 e. The van der Waals surface area contributed by atoms with Gasteiger partial charge in [-0.2, -0.15) is 0 Å². The SMILES string of the molecule is O=C(NC[C@H]1Cc2ccccc2O1)Nc1cccc(NC(=O)c2ccccc2)c1. The predicted molar refractivity (Wildman–Crippen MR) is 112 cm³/mol. The second-order valence-electron chi connectivity index (χ2n) is 6.79. The van der Waals surface area contributed by atoms with Gasteiger partial charge < -0.3 is 20.7 Å². The van der Waals surface area contributed by atoms with Crippen molar-refractivity contribution in [2.45, 2.75) is 12.5 Å². The molecule has 3 N–H and O–H groups in total. The molecule has 29 heavy (non-hydrogen) atoms. The number of fused-ring (bicyclic) bond motifs is 1. The summed E-state index contributed by atoms with van der Waals surface area (Å²) < 4.78 is 5.82. The van der Waals surface area contributed by atoms with Gasteiger partial charge in [0, 0.05) is 23.4 Å². The summed E-state index contributed by atoms with van der Waals surface area (Å²) in [7, 11) is 0. The second kappa shape index (κ2) is 8.48. The van der Waals surface area contributed by atoms with Gasteiger partial charge in [0.15, 0.2) is 0 Å². The molecular weight excluding hydrogens is 366 g/mol. The van der Waals surface area contributed by atoms with Gasteiger partial charge in [0.2, 0.25) is 0 Å². The third kappa shape index (κ3) is 4.73. The summed E-state index contributed by atoms with van der Waals surface area (Å²) in [6.07, 6.45) is 0.701. The number of rotatable bonds is 5. The summed E-state index contributed by atoms with van der Waals surface area (Å²) in [5.41, 5.74) is 2.91. The van der Waals surface area contributed by atoms with E-state index in [0.29, 0.717) is 23.5 Å². The van der Waals surface area contributed by atoms with Gasteiger partial charge in [0.05, 0.1) is 6.54 Å².